The van der Waals surface area contributed by atoms with E-state index >= 15 is 0 Å². The average Bonchev–Trinajstić information content (AvgIpc) is 3.69. The lowest BCUT2D eigenvalue weighted by molar-refractivity contribution is -0.210. The van der Waals surface area contributed by atoms with E-state index in [1.54, 1.807) is 12.1 Å². The van der Waals surface area contributed by atoms with Crippen LogP contribution in [0, 0.1) is 24.4 Å². The van der Waals surface area contributed by atoms with Crippen LogP contribution in [-0.2, 0) is 10.3 Å². The molecule has 0 bridgehead atoms. The maximum absolute atomic E-state index is 13.9. The van der Waals surface area contributed by atoms with E-state index in [1.165, 1.54) is 35.9 Å². The Balaban J connectivity index is 1.44. The van der Waals surface area contributed by atoms with Gasteiger partial charge in [0.15, 0.2) is 29.1 Å². The topological polar surface area (TPSA) is 164 Å². The molecule has 1 aliphatic heterocycles. The van der Waals surface area contributed by atoms with Crippen LogP contribution in [0.15, 0.2) is 36.5 Å². The molecule has 1 fully saturated rings. The molecule has 0 saturated carbocycles. The predicted octanol–water partition coefficient (Wildman–Crippen LogP) is 2.48. The molecule has 0 radical (unpaired) electrons. The zero-order valence-electron chi connectivity index (χ0n) is 22.9. The van der Waals surface area contributed by atoms with Crippen LogP contribution in [0.3, 0.4) is 0 Å². The van der Waals surface area contributed by atoms with Crippen LogP contribution in [0.1, 0.15) is 42.6 Å². The predicted molar refractivity (Wildman–Crippen MR) is 146 cm³/mol. The monoisotopic (exact) mass is 617 g/mol. The van der Waals surface area contributed by atoms with Gasteiger partial charge >= 0.3 is 0 Å². The van der Waals surface area contributed by atoms with Crippen molar-refractivity contribution in [3.05, 3.63) is 70.6 Å². The number of aliphatic hydroxyl groups excluding tert-OH is 3. The summed E-state index contributed by atoms with van der Waals surface area (Å²) in [5, 5.41) is 60.8. The van der Waals surface area contributed by atoms with Gasteiger partial charge in [0.2, 0.25) is 0 Å². The molecule has 4 N–H and O–H groups in total. The molecule has 16 heteroatoms. The Hall–Kier alpha value is -3.80. The number of fused-ring (bicyclic) bond motifs is 1. The number of aliphatic hydroxyl groups is 4. The first-order valence-electron chi connectivity index (χ1n) is 13.1. The maximum Gasteiger partial charge on any atom is 0.194 e. The van der Waals surface area contributed by atoms with Crippen molar-refractivity contribution in [1.29, 1.82) is 0 Å². The molecule has 43 heavy (non-hydrogen) atoms. The van der Waals surface area contributed by atoms with Crippen molar-refractivity contribution in [2.24, 2.45) is 0 Å². The Morgan fingerprint density at radius 2 is 1.74 bits per heavy atom. The number of hydrogen-bond donors (Lipinski definition) is 4. The van der Waals surface area contributed by atoms with Crippen molar-refractivity contribution < 1.29 is 38.3 Å². The second kappa shape index (κ2) is 10.7. The second-order valence-electron chi connectivity index (χ2n) is 10.7. The van der Waals surface area contributed by atoms with E-state index in [0.717, 1.165) is 32.0 Å². The lowest BCUT2D eigenvalue weighted by Gasteiger charge is -2.41. The molecular weight excluding hydrogens is 591 g/mol. The summed E-state index contributed by atoms with van der Waals surface area (Å²) < 4.78 is 50.6. The van der Waals surface area contributed by atoms with Gasteiger partial charge in [0.25, 0.3) is 0 Å². The summed E-state index contributed by atoms with van der Waals surface area (Å²) in [6.07, 6.45) is -4.45. The highest BCUT2D eigenvalue weighted by Gasteiger charge is 2.49. The molecular formula is C27H26F3N7O5S. The van der Waals surface area contributed by atoms with Crippen LogP contribution in [0.2, 0.25) is 0 Å². The normalized spacial score (nSPS) is 22.9. The van der Waals surface area contributed by atoms with E-state index in [1.807, 2.05) is 13.0 Å². The molecule has 12 nitrogen and oxygen atoms in total. The number of nitrogens with zero attached hydrogens (tertiary/aromatic N) is 7. The van der Waals surface area contributed by atoms with Crippen LogP contribution in [0.5, 0.6) is 0 Å². The highest BCUT2D eigenvalue weighted by Crippen LogP contribution is 2.40. The third kappa shape index (κ3) is 5.09. The Morgan fingerprint density at radius 1 is 1.02 bits per heavy atom. The van der Waals surface area contributed by atoms with Gasteiger partial charge < -0.3 is 25.2 Å². The first-order valence-corrected chi connectivity index (χ1v) is 13.9. The summed E-state index contributed by atoms with van der Waals surface area (Å²) in [5.74, 6) is -4.30. The van der Waals surface area contributed by atoms with Gasteiger partial charge in [-0.1, -0.05) is 5.21 Å². The van der Waals surface area contributed by atoms with Gasteiger partial charge in [0.05, 0.1) is 33.7 Å². The standard InChI is InChI=1S/C27H26F3N7O5S/c1-11-31-16-5-4-13(8-19(16)43-11)37-25(33-34-26(37)27(2,3)41)24-23(40)21(22(39)18(10-38)42-24)36-9-17(32-35-36)12-6-14(28)20(30)15(29)7-12/h4-9,18,21-24,38-41H,10H2,1-3H3/t18-,21+,22+,23-,24-/m1/s1. The highest BCUT2D eigenvalue weighted by molar-refractivity contribution is 7.18. The molecule has 226 valence electrons. The number of aromatic nitrogens is 7. The number of rotatable bonds is 6. The fourth-order valence-electron chi connectivity index (χ4n) is 5.18. The van der Waals surface area contributed by atoms with Crippen LogP contribution in [-0.4, -0.2) is 80.1 Å². The Bertz CT molecular complexity index is 1800. The molecule has 0 aliphatic carbocycles. The van der Waals surface area contributed by atoms with Gasteiger partial charge in [-0.25, -0.2) is 22.8 Å². The quantitative estimate of drug-likeness (QED) is 0.208. The van der Waals surface area contributed by atoms with Crippen LogP contribution in [0.4, 0.5) is 13.2 Å². The molecule has 2 aromatic carbocycles. The zero-order chi connectivity index (χ0) is 30.8. The number of hydrogen-bond acceptors (Lipinski definition) is 11. The number of halogens is 3. The summed E-state index contributed by atoms with van der Waals surface area (Å²) in [4.78, 5) is 4.47. The minimum atomic E-state index is -1.64. The summed E-state index contributed by atoms with van der Waals surface area (Å²) >= 11 is 1.46. The van der Waals surface area contributed by atoms with Crippen LogP contribution in [0.25, 0.3) is 27.2 Å². The molecule has 0 unspecified atom stereocenters. The van der Waals surface area contributed by atoms with Gasteiger partial charge in [-0.15, -0.1) is 26.6 Å². The minimum absolute atomic E-state index is 0.0589. The first-order chi connectivity index (χ1) is 20.4. The largest absolute Gasteiger partial charge is 0.394 e. The fourth-order valence-corrected chi connectivity index (χ4v) is 6.05. The van der Waals surface area contributed by atoms with Gasteiger partial charge in [-0.2, -0.15) is 0 Å². The van der Waals surface area contributed by atoms with Crippen molar-refractivity contribution in [1.82, 2.24) is 34.7 Å². The van der Waals surface area contributed by atoms with Gasteiger partial charge in [-0.05, 0) is 51.1 Å². The molecule has 5 aromatic rings. The number of ether oxygens (including phenoxy) is 1. The SMILES string of the molecule is Cc1nc2ccc(-n3c([C@@H]4O[C@H](CO)[C@H](O)[C@H](n5cc(-c6cc(F)c(F)c(F)c6)nn5)[C@H]4O)nnc3C(C)(C)O)cc2s1. The van der Waals surface area contributed by atoms with Gasteiger partial charge in [0, 0.05) is 5.56 Å². The summed E-state index contributed by atoms with van der Waals surface area (Å²) in [6, 6.07) is 5.56. The molecule has 5 atom stereocenters. The van der Waals surface area contributed by atoms with Crippen LogP contribution < -0.4 is 0 Å². The van der Waals surface area contributed by atoms with E-state index in [4.69, 9.17) is 4.74 Å². The van der Waals surface area contributed by atoms with Gasteiger partial charge in [0.1, 0.15) is 41.8 Å². The third-order valence-corrected chi connectivity index (χ3v) is 8.15. The molecule has 4 heterocycles. The van der Waals surface area contributed by atoms with E-state index in [0.29, 0.717) is 5.69 Å². The smallest absolute Gasteiger partial charge is 0.194 e. The Kier molecular flexibility index (Phi) is 7.30. The summed E-state index contributed by atoms with van der Waals surface area (Å²) in [5.41, 5.74) is -0.375. The lowest BCUT2D eigenvalue weighted by atomic mass is 9.92. The van der Waals surface area contributed by atoms with Crippen LogP contribution >= 0.6 is 11.3 Å². The molecule has 1 aliphatic rings. The van der Waals surface area contributed by atoms with Crippen molar-refractivity contribution >= 4 is 21.6 Å². The summed E-state index contributed by atoms with van der Waals surface area (Å²) in [6.45, 7) is 4.26. The Morgan fingerprint density at radius 3 is 2.42 bits per heavy atom. The number of aryl methyl sites for hydroxylation is 1. The number of thiazole rings is 1. The second-order valence-corrected chi connectivity index (χ2v) is 12.0. The molecule has 0 spiro atoms. The van der Waals surface area contributed by atoms with E-state index in [9.17, 15) is 33.6 Å². The first kappa shape index (κ1) is 29.3. The molecule has 6 rings (SSSR count). The van der Waals surface area contributed by atoms with Crippen molar-refractivity contribution in [3.63, 3.8) is 0 Å². The molecule has 0 amide bonds. The van der Waals surface area contributed by atoms with E-state index in [-0.39, 0.29) is 22.9 Å². The number of benzene rings is 2. The lowest BCUT2D eigenvalue weighted by Crippen LogP contribution is -2.53. The van der Waals surface area contributed by atoms with Crippen molar-refractivity contribution in [2.45, 2.75) is 56.8 Å². The summed E-state index contributed by atoms with van der Waals surface area (Å²) in [7, 11) is 0. The van der Waals surface area contributed by atoms with Crippen molar-refractivity contribution in [2.75, 3.05) is 6.61 Å². The van der Waals surface area contributed by atoms with E-state index in [2.05, 4.69) is 25.5 Å². The third-order valence-electron chi connectivity index (χ3n) is 7.21. The van der Waals surface area contributed by atoms with E-state index < -0.39 is 60.1 Å². The Labute approximate surface area is 245 Å². The fraction of sp³-hybridized carbons (Fsp3) is 0.370. The van der Waals surface area contributed by atoms with Gasteiger partial charge in [-0.3, -0.25) is 4.57 Å². The molecule has 1 saturated heterocycles. The molecule has 3 aromatic heterocycles. The minimum Gasteiger partial charge on any atom is -0.394 e. The maximum atomic E-state index is 13.9. The highest BCUT2D eigenvalue weighted by atomic mass is 32.1. The average molecular weight is 618 g/mol. The zero-order valence-corrected chi connectivity index (χ0v) is 23.7. The van der Waals surface area contributed by atoms with Crippen molar-refractivity contribution in [3.8, 4) is 16.9 Å².